The van der Waals surface area contributed by atoms with Gasteiger partial charge in [-0.2, -0.15) is 0 Å². The van der Waals surface area contributed by atoms with Gasteiger partial charge >= 0.3 is 5.97 Å². The fourth-order valence-electron chi connectivity index (χ4n) is 1.85. The fourth-order valence-corrected chi connectivity index (χ4v) is 1.85. The highest BCUT2D eigenvalue weighted by Gasteiger charge is 2.25. The largest absolute Gasteiger partial charge is 0.493 e. The van der Waals surface area contributed by atoms with Gasteiger partial charge in [0, 0.05) is 6.04 Å². The van der Waals surface area contributed by atoms with Crippen LogP contribution in [-0.2, 0) is 9.53 Å². The molecule has 0 spiro atoms. The number of nitrogens with zero attached hydrogens (tertiary/aromatic N) is 1. The van der Waals surface area contributed by atoms with Crippen LogP contribution < -0.4 is 15.2 Å². The molecule has 124 valence electrons. The third kappa shape index (κ3) is 4.74. The monoisotopic (exact) mass is 334 g/mol. The summed E-state index contributed by atoms with van der Waals surface area (Å²) in [7, 11) is 2.78. The number of ether oxygens (including phenoxy) is 3. The molecule has 0 fully saturated rings. The number of esters is 1. The fraction of sp³-hybridized carbons (Fsp3) is 0.462. The Labute approximate surface area is 134 Å². The standard InChI is InChI=1S/C13H18N2O6.ClH/c1-4-21-13(16)6-9(14)8-5-11(19-2)12(20-3)7-10(8)15(17)18;/h5,7,9H,4,6,14H2,1-3H3;1H/t9-;/m1./s1. The molecule has 0 heterocycles. The van der Waals surface area contributed by atoms with E-state index in [9.17, 15) is 14.9 Å². The van der Waals surface area contributed by atoms with Crippen LogP contribution in [0.2, 0.25) is 0 Å². The van der Waals surface area contributed by atoms with Gasteiger partial charge in [0.2, 0.25) is 0 Å². The van der Waals surface area contributed by atoms with Gasteiger partial charge in [0.05, 0.1) is 43.8 Å². The Morgan fingerprint density at radius 2 is 1.86 bits per heavy atom. The second-order valence-electron chi connectivity index (χ2n) is 4.14. The molecule has 9 heteroatoms. The van der Waals surface area contributed by atoms with Gasteiger partial charge < -0.3 is 19.9 Å². The van der Waals surface area contributed by atoms with E-state index in [2.05, 4.69) is 0 Å². The molecule has 1 atom stereocenters. The topological polar surface area (TPSA) is 114 Å². The van der Waals surface area contributed by atoms with Crippen LogP contribution in [-0.4, -0.2) is 31.7 Å². The first kappa shape index (κ1) is 19.9. The molecule has 0 unspecified atom stereocenters. The maximum Gasteiger partial charge on any atom is 0.307 e. The number of hydrogen-bond acceptors (Lipinski definition) is 7. The maximum absolute atomic E-state index is 11.5. The van der Waals surface area contributed by atoms with Crippen molar-refractivity contribution in [1.82, 2.24) is 0 Å². The molecule has 1 rings (SSSR count). The third-order valence-corrected chi connectivity index (χ3v) is 2.82. The number of carbonyl (C=O) groups excluding carboxylic acids is 1. The molecular weight excluding hydrogens is 316 g/mol. The van der Waals surface area contributed by atoms with E-state index >= 15 is 0 Å². The summed E-state index contributed by atoms with van der Waals surface area (Å²) in [6.45, 7) is 1.89. The molecule has 1 aromatic rings. The first-order valence-corrected chi connectivity index (χ1v) is 6.26. The molecule has 0 amide bonds. The summed E-state index contributed by atoms with van der Waals surface area (Å²) < 4.78 is 14.9. The van der Waals surface area contributed by atoms with E-state index in [-0.39, 0.29) is 42.4 Å². The average molecular weight is 335 g/mol. The van der Waals surface area contributed by atoms with Crippen LogP contribution in [0, 0.1) is 10.1 Å². The van der Waals surface area contributed by atoms with Gasteiger partial charge in [0.25, 0.3) is 5.69 Å². The second kappa shape index (κ2) is 9.06. The smallest absolute Gasteiger partial charge is 0.307 e. The third-order valence-electron chi connectivity index (χ3n) is 2.82. The summed E-state index contributed by atoms with van der Waals surface area (Å²) in [5, 5.41) is 11.1. The molecule has 0 bridgehead atoms. The lowest BCUT2D eigenvalue weighted by Crippen LogP contribution is -2.18. The first-order chi connectivity index (χ1) is 9.94. The van der Waals surface area contributed by atoms with Gasteiger partial charge in [-0.3, -0.25) is 14.9 Å². The number of hydrogen-bond donors (Lipinski definition) is 1. The van der Waals surface area contributed by atoms with E-state index in [1.54, 1.807) is 6.92 Å². The lowest BCUT2D eigenvalue weighted by Gasteiger charge is -2.15. The first-order valence-electron chi connectivity index (χ1n) is 6.26. The summed E-state index contributed by atoms with van der Waals surface area (Å²) in [6, 6.07) is 1.75. The van der Waals surface area contributed by atoms with Crippen molar-refractivity contribution in [2.24, 2.45) is 5.73 Å². The van der Waals surface area contributed by atoms with E-state index in [1.165, 1.54) is 26.4 Å². The number of nitrogens with two attached hydrogens (primary N) is 1. The van der Waals surface area contributed by atoms with Crippen LogP contribution in [0.4, 0.5) is 5.69 Å². The van der Waals surface area contributed by atoms with Crippen molar-refractivity contribution in [3.63, 3.8) is 0 Å². The molecule has 0 aliphatic carbocycles. The van der Waals surface area contributed by atoms with E-state index in [4.69, 9.17) is 19.9 Å². The SMILES string of the molecule is CCOC(=O)C[C@@H](N)c1cc(OC)c(OC)cc1[N+](=O)[O-].Cl. The molecule has 0 aliphatic heterocycles. The highest BCUT2D eigenvalue weighted by Crippen LogP contribution is 2.37. The van der Waals surface area contributed by atoms with E-state index in [0.717, 1.165) is 0 Å². The average Bonchev–Trinajstić information content (AvgIpc) is 2.45. The normalized spacial score (nSPS) is 11.1. The molecule has 1 aromatic carbocycles. The highest BCUT2D eigenvalue weighted by atomic mass is 35.5. The zero-order valence-corrected chi connectivity index (χ0v) is 13.3. The van der Waals surface area contributed by atoms with Crippen molar-refractivity contribution in [3.8, 4) is 11.5 Å². The van der Waals surface area contributed by atoms with E-state index in [0.29, 0.717) is 5.75 Å². The zero-order chi connectivity index (χ0) is 16.0. The minimum absolute atomic E-state index is 0. The number of halogens is 1. The summed E-state index contributed by atoms with van der Waals surface area (Å²) in [6.07, 6.45) is -0.163. The van der Waals surface area contributed by atoms with Gasteiger partial charge in [-0.1, -0.05) is 0 Å². The lowest BCUT2D eigenvalue weighted by molar-refractivity contribution is -0.385. The summed E-state index contributed by atoms with van der Waals surface area (Å²) >= 11 is 0. The molecular formula is C13H19ClN2O6. The number of carbonyl (C=O) groups is 1. The van der Waals surface area contributed by atoms with E-state index < -0.39 is 16.9 Å². The molecule has 0 aromatic heterocycles. The maximum atomic E-state index is 11.5. The van der Waals surface area contributed by atoms with E-state index in [1.807, 2.05) is 0 Å². The summed E-state index contributed by atoms with van der Waals surface area (Å²) in [5.74, 6) is 0.00257. The lowest BCUT2D eigenvalue weighted by atomic mass is 10.0. The zero-order valence-electron chi connectivity index (χ0n) is 12.5. The molecule has 0 saturated heterocycles. The molecule has 2 N–H and O–H groups in total. The predicted octanol–water partition coefficient (Wildman–Crippen LogP) is 1.99. The Morgan fingerprint density at radius 1 is 1.32 bits per heavy atom. The molecule has 8 nitrogen and oxygen atoms in total. The van der Waals surface area contributed by atoms with Gasteiger partial charge in [-0.15, -0.1) is 12.4 Å². The Balaban J connectivity index is 0.00000441. The van der Waals surface area contributed by atoms with Crippen LogP contribution in [0.25, 0.3) is 0 Å². The Hall–Kier alpha value is -2.06. The van der Waals surface area contributed by atoms with Crippen LogP contribution in [0.3, 0.4) is 0 Å². The number of nitro groups is 1. The molecule has 22 heavy (non-hydrogen) atoms. The Morgan fingerprint density at radius 3 is 2.32 bits per heavy atom. The molecule has 0 saturated carbocycles. The van der Waals surface area contributed by atoms with Crippen molar-refractivity contribution < 1.29 is 23.9 Å². The minimum Gasteiger partial charge on any atom is -0.493 e. The van der Waals surface area contributed by atoms with Gasteiger partial charge in [-0.05, 0) is 13.0 Å². The second-order valence-corrected chi connectivity index (χ2v) is 4.14. The Bertz CT molecular complexity index is 538. The quantitative estimate of drug-likeness (QED) is 0.460. The van der Waals surface area contributed by atoms with Crippen molar-refractivity contribution >= 4 is 24.1 Å². The van der Waals surface area contributed by atoms with Gasteiger partial charge in [-0.25, -0.2) is 0 Å². The van der Waals surface area contributed by atoms with Crippen LogP contribution in [0.1, 0.15) is 24.9 Å². The molecule has 0 aliphatic rings. The van der Waals surface area contributed by atoms with Crippen LogP contribution in [0.15, 0.2) is 12.1 Å². The van der Waals surface area contributed by atoms with Crippen molar-refractivity contribution in [2.75, 3.05) is 20.8 Å². The molecule has 0 radical (unpaired) electrons. The minimum atomic E-state index is -0.871. The number of nitro benzene ring substituents is 1. The summed E-state index contributed by atoms with van der Waals surface area (Å²) in [4.78, 5) is 22.0. The van der Waals surface area contributed by atoms with Crippen molar-refractivity contribution in [1.29, 1.82) is 0 Å². The highest BCUT2D eigenvalue weighted by molar-refractivity contribution is 5.85. The number of benzene rings is 1. The van der Waals surface area contributed by atoms with Crippen molar-refractivity contribution in [3.05, 3.63) is 27.8 Å². The van der Waals surface area contributed by atoms with Gasteiger partial charge in [0.1, 0.15) is 0 Å². The van der Waals surface area contributed by atoms with Gasteiger partial charge in [0.15, 0.2) is 11.5 Å². The Kier molecular flexibility index (Phi) is 8.21. The van der Waals surface area contributed by atoms with Crippen LogP contribution in [0.5, 0.6) is 11.5 Å². The summed E-state index contributed by atoms with van der Waals surface area (Å²) in [5.41, 5.74) is 5.83. The number of methoxy groups -OCH3 is 2. The van der Waals surface area contributed by atoms with Crippen LogP contribution >= 0.6 is 12.4 Å². The number of rotatable bonds is 7. The predicted molar refractivity (Wildman–Crippen MR) is 81.6 cm³/mol. The van der Waals surface area contributed by atoms with Crippen molar-refractivity contribution in [2.45, 2.75) is 19.4 Å².